The van der Waals surface area contributed by atoms with Crippen molar-refractivity contribution >= 4 is 11.6 Å². The molecule has 0 saturated carbocycles. The van der Waals surface area contributed by atoms with Gasteiger partial charge in [-0.3, -0.25) is 0 Å². The third kappa shape index (κ3) is 5.96. The lowest BCUT2D eigenvalue weighted by Crippen LogP contribution is -2.36. The highest BCUT2D eigenvalue weighted by Crippen LogP contribution is 2.29. The van der Waals surface area contributed by atoms with E-state index in [-0.39, 0.29) is 24.4 Å². The third-order valence-electron chi connectivity index (χ3n) is 5.59. The van der Waals surface area contributed by atoms with Crippen molar-refractivity contribution in [3.05, 3.63) is 106 Å². The first-order valence-electron chi connectivity index (χ1n) is 10.4. The van der Waals surface area contributed by atoms with Crippen molar-refractivity contribution in [3.8, 4) is 18.2 Å². The van der Waals surface area contributed by atoms with Crippen LogP contribution >= 0.6 is 11.6 Å². The van der Waals surface area contributed by atoms with Crippen molar-refractivity contribution in [1.29, 1.82) is 15.8 Å². The lowest BCUT2D eigenvalue weighted by molar-refractivity contribution is 0.401. The molecule has 32 heavy (non-hydrogen) atoms. The normalized spacial score (nSPS) is 13.2. The van der Waals surface area contributed by atoms with E-state index in [4.69, 9.17) is 11.6 Å². The van der Waals surface area contributed by atoms with Crippen LogP contribution in [0.5, 0.6) is 0 Å². The van der Waals surface area contributed by atoms with Crippen LogP contribution in [0.15, 0.2) is 72.8 Å². The predicted octanol–water partition coefficient (Wildman–Crippen LogP) is 6.04. The number of hydrogen-bond donors (Lipinski definition) is 1. The molecule has 0 heterocycles. The average molecular weight is 439 g/mol. The Morgan fingerprint density at radius 2 is 1.44 bits per heavy atom. The molecule has 0 fully saturated rings. The second kappa shape index (κ2) is 11.1. The number of nitrogens with zero attached hydrogens (tertiary/aromatic N) is 3. The fourth-order valence-electron chi connectivity index (χ4n) is 3.92. The van der Waals surface area contributed by atoms with Crippen LogP contribution in [0, 0.1) is 34.0 Å². The Labute approximate surface area is 194 Å². The molecule has 0 aliphatic carbocycles. The van der Waals surface area contributed by atoms with Crippen LogP contribution in [0.2, 0.25) is 5.02 Å². The van der Waals surface area contributed by atoms with Crippen LogP contribution in [-0.2, 0) is 6.42 Å². The van der Waals surface area contributed by atoms with E-state index in [9.17, 15) is 15.8 Å². The maximum absolute atomic E-state index is 9.42. The fraction of sp³-hybridized carbons (Fsp3) is 0.222. The zero-order valence-corrected chi connectivity index (χ0v) is 18.6. The first-order chi connectivity index (χ1) is 15.5. The SMILES string of the molecule is C[C@H](NC(CC#N)c1cccc(C#N)c1)[C@@H](Cc1ccc(Cl)cc1)c1cccc(C#N)c1. The second-order valence-corrected chi connectivity index (χ2v) is 8.22. The van der Waals surface area contributed by atoms with Gasteiger partial charge in [-0.25, -0.2) is 0 Å². The summed E-state index contributed by atoms with van der Waals surface area (Å²) in [6, 6.07) is 29.2. The van der Waals surface area contributed by atoms with Crippen molar-refractivity contribution in [2.75, 3.05) is 0 Å². The molecule has 0 aliphatic heterocycles. The molecule has 0 amide bonds. The maximum atomic E-state index is 9.42. The van der Waals surface area contributed by atoms with Gasteiger partial charge in [-0.05, 0) is 66.4 Å². The summed E-state index contributed by atoms with van der Waals surface area (Å²) in [5.41, 5.74) is 4.29. The summed E-state index contributed by atoms with van der Waals surface area (Å²) in [6.45, 7) is 2.10. The molecule has 3 rings (SSSR count). The molecule has 3 aromatic carbocycles. The standard InChI is InChI=1S/C27H23ClN4/c1-19(32-27(12-13-29)24-7-3-5-22(15-24)18-31)26(16-20-8-10-25(28)11-9-20)23-6-2-4-21(14-23)17-30/h2-11,14-15,19,26-27,32H,12,16H2,1H3/t19-,26+,27?/m0/s1. The molecule has 1 unspecified atom stereocenters. The molecule has 4 nitrogen and oxygen atoms in total. The Morgan fingerprint density at radius 1 is 0.844 bits per heavy atom. The molecule has 0 aliphatic rings. The average Bonchev–Trinajstić information content (AvgIpc) is 2.83. The van der Waals surface area contributed by atoms with Crippen LogP contribution in [-0.4, -0.2) is 6.04 Å². The summed E-state index contributed by atoms with van der Waals surface area (Å²) in [6.07, 6.45) is 1.03. The Morgan fingerprint density at radius 3 is 2.03 bits per heavy atom. The van der Waals surface area contributed by atoms with Crippen LogP contribution in [0.3, 0.4) is 0 Å². The smallest absolute Gasteiger partial charge is 0.0991 e. The molecule has 3 atom stereocenters. The molecule has 1 N–H and O–H groups in total. The summed E-state index contributed by atoms with van der Waals surface area (Å²) in [5.74, 6) is 0.0600. The van der Waals surface area contributed by atoms with E-state index in [1.54, 1.807) is 12.1 Å². The van der Waals surface area contributed by atoms with Crippen molar-refractivity contribution in [2.45, 2.75) is 37.8 Å². The first kappa shape index (κ1) is 23.1. The Kier molecular flexibility index (Phi) is 8.02. The number of nitriles is 3. The lowest BCUT2D eigenvalue weighted by atomic mass is 9.85. The number of rotatable bonds is 8. The maximum Gasteiger partial charge on any atom is 0.0991 e. The minimum Gasteiger partial charge on any atom is -0.306 e. The molecule has 0 bridgehead atoms. The van der Waals surface area contributed by atoms with E-state index in [0.29, 0.717) is 16.1 Å². The van der Waals surface area contributed by atoms with Gasteiger partial charge in [-0.15, -0.1) is 0 Å². The number of halogens is 1. The van der Waals surface area contributed by atoms with Gasteiger partial charge in [0.2, 0.25) is 0 Å². The molecule has 5 heteroatoms. The van der Waals surface area contributed by atoms with Gasteiger partial charge in [0, 0.05) is 23.0 Å². The van der Waals surface area contributed by atoms with Crippen molar-refractivity contribution in [3.63, 3.8) is 0 Å². The molecule has 3 aromatic rings. The molecule has 158 valence electrons. The molecule has 0 spiro atoms. The van der Waals surface area contributed by atoms with E-state index < -0.39 is 0 Å². The van der Waals surface area contributed by atoms with E-state index in [1.165, 1.54) is 0 Å². The van der Waals surface area contributed by atoms with Gasteiger partial charge in [-0.1, -0.05) is 48.0 Å². The molecular formula is C27H23ClN4. The van der Waals surface area contributed by atoms with Crippen LogP contribution < -0.4 is 5.32 Å². The minimum atomic E-state index is -0.213. The van der Waals surface area contributed by atoms with E-state index >= 15 is 0 Å². The molecule has 0 saturated heterocycles. The quantitative estimate of drug-likeness (QED) is 0.464. The van der Waals surface area contributed by atoms with E-state index in [2.05, 4.69) is 30.4 Å². The fourth-order valence-corrected chi connectivity index (χ4v) is 4.05. The number of nitrogens with one attached hydrogen (secondary N) is 1. The van der Waals surface area contributed by atoms with Gasteiger partial charge >= 0.3 is 0 Å². The Balaban J connectivity index is 1.92. The molecular weight excluding hydrogens is 416 g/mol. The van der Waals surface area contributed by atoms with Gasteiger partial charge in [0.25, 0.3) is 0 Å². The summed E-state index contributed by atoms with van der Waals surface area (Å²) < 4.78 is 0. The van der Waals surface area contributed by atoms with E-state index in [0.717, 1.165) is 23.1 Å². The Bertz CT molecular complexity index is 1180. The highest BCUT2D eigenvalue weighted by molar-refractivity contribution is 6.30. The van der Waals surface area contributed by atoms with Crippen molar-refractivity contribution < 1.29 is 0 Å². The van der Waals surface area contributed by atoms with Gasteiger partial charge in [0.1, 0.15) is 0 Å². The van der Waals surface area contributed by atoms with Crippen LogP contribution in [0.25, 0.3) is 0 Å². The zero-order valence-electron chi connectivity index (χ0n) is 17.8. The predicted molar refractivity (Wildman–Crippen MR) is 126 cm³/mol. The number of benzene rings is 3. The topological polar surface area (TPSA) is 83.4 Å². The van der Waals surface area contributed by atoms with Crippen molar-refractivity contribution in [2.24, 2.45) is 0 Å². The summed E-state index contributed by atoms with van der Waals surface area (Å²) in [4.78, 5) is 0. The van der Waals surface area contributed by atoms with Crippen LogP contribution in [0.1, 0.15) is 53.1 Å². The monoisotopic (exact) mass is 438 g/mol. The molecule has 0 radical (unpaired) electrons. The largest absolute Gasteiger partial charge is 0.306 e. The zero-order chi connectivity index (χ0) is 22.9. The summed E-state index contributed by atoms with van der Waals surface area (Å²) in [5, 5.41) is 32.3. The van der Waals surface area contributed by atoms with Gasteiger partial charge in [0.15, 0.2) is 0 Å². The Hall–Kier alpha value is -3.62. The highest BCUT2D eigenvalue weighted by Gasteiger charge is 2.24. The summed E-state index contributed by atoms with van der Waals surface area (Å²) >= 11 is 6.06. The van der Waals surface area contributed by atoms with Crippen molar-refractivity contribution in [1.82, 2.24) is 5.32 Å². The van der Waals surface area contributed by atoms with Gasteiger partial charge < -0.3 is 5.32 Å². The van der Waals surface area contributed by atoms with Gasteiger partial charge in [0.05, 0.1) is 35.8 Å². The minimum absolute atomic E-state index is 0.0105. The highest BCUT2D eigenvalue weighted by atomic mass is 35.5. The van der Waals surface area contributed by atoms with Gasteiger partial charge in [-0.2, -0.15) is 15.8 Å². The first-order valence-corrected chi connectivity index (χ1v) is 10.8. The van der Waals surface area contributed by atoms with Crippen LogP contribution in [0.4, 0.5) is 0 Å². The summed E-state index contributed by atoms with van der Waals surface area (Å²) in [7, 11) is 0. The van der Waals surface area contributed by atoms with E-state index in [1.807, 2.05) is 60.7 Å². The second-order valence-electron chi connectivity index (χ2n) is 7.78. The number of hydrogen-bond acceptors (Lipinski definition) is 4. The third-order valence-corrected chi connectivity index (χ3v) is 5.85. The lowest BCUT2D eigenvalue weighted by Gasteiger charge is -2.30. The molecule has 0 aromatic heterocycles.